The summed E-state index contributed by atoms with van der Waals surface area (Å²) in [7, 11) is 0. The maximum atomic E-state index is 12.4. The zero-order valence-corrected chi connectivity index (χ0v) is 26.3. The van der Waals surface area contributed by atoms with Crippen molar-refractivity contribution in [1.29, 1.82) is 0 Å². The SMILES string of the molecule is CC(C)(C)C(=O)OCc1ccc(CCCCNC(=O)CCCCCN2C(=O)C=CC2=O)cc1O[C@H]1O[C@@H](C(=O)O)[C@H](O)[C@@H](O)[C@@H]1O. The standard InChI is InChI=1S/C32H44N2O12/c1-32(2,3)31(43)44-18-20-12-11-19(17-21(20)45-30-27(40)25(38)26(39)28(46-30)29(41)42)9-6-7-15-33-22(35)10-5-4-8-16-34-23(36)13-14-24(34)37/h11-14,17,25-28,30,38-40H,4-10,15-16,18H2,1-3H3,(H,33,35)(H,41,42)/t25-,26-,27+,28-,30+/m1/s1. The molecule has 0 spiro atoms. The van der Waals surface area contributed by atoms with Crippen LogP contribution in [-0.2, 0) is 46.5 Å². The number of carboxylic acids is 1. The van der Waals surface area contributed by atoms with Crippen molar-refractivity contribution in [2.24, 2.45) is 5.41 Å². The molecule has 2 heterocycles. The predicted molar refractivity (Wildman–Crippen MR) is 161 cm³/mol. The highest BCUT2D eigenvalue weighted by Gasteiger charge is 2.48. The van der Waals surface area contributed by atoms with E-state index in [1.165, 1.54) is 17.1 Å². The first kappa shape index (κ1) is 36.6. The van der Waals surface area contributed by atoms with Crippen LogP contribution < -0.4 is 10.1 Å². The Morgan fingerprint density at radius 2 is 1.63 bits per heavy atom. The Kier molecular flexibility index (Phi) is 13.2. The molecule has 0 unspecified atom stereocenters. The maximum absolute atomic E-state index is 12.4. The van der Waals surface area contributed by atoms with E-state index in [-0.39, 0.29) is 30.1 Å². The van der Waals surface area contributed by atoms with Gasteiger partial charge in [0, 0.05) is 37.2 Å². The molecular weight excluding hydrogens is 604 g/mol. The number of benzene rings is 1. The lowest BCUT2D eigenvalue weighted by atomic mass is 9.97. The minimum Gasteiger partial charge on any atom is -0.479 e. The predicted octanol–water partition coefficient (Wildman–Crippen LogP) is 0.971. The Labute approximate surface area is 267 Å². The number of carbonyl (C=O) groups excluding carboxylic acids is 4. The van der Waals surface area contributed by atoms with Crippen molar-refractivity contribution in [3.8, 4) is 5.75 Å². The minimum absolute atomic E-state index is 0.0853. The number of nitrogens with zero attached hydrogens (tertiary/aromatic N) is 1. The van der Waals surface area contributed by atoms with Crippen LogP contribution in [0.2, 0.25) is 0 Å². The number of unbranched alkanes of at least 4 members (excludes halogenated alkanes) is 3. The van der Waals surface area contributed by atoms with E-state index in [2.05, 4.69) is 5.32 Å². The van der Waals surface area contributed by atoms with Gasteiger partial charge in [-0.3, -0.25) is 24.1 Å². The lowest BCUT2D eigenvalue weighted by Gasteiger charge is -2.38. The van der Waals surface area contributed by atoms with Crippen LogP contribution in [0.25, 0.3) is 0 Å². The summed E-state index contributed by atoms with van der Waals surface area (Å²) in [5, 5.41) is 42.9. The second-order valence-electron chi connectivity index (χ2n) is 12.4. The number of amides is 3. The van der Waals surface area contributed by atoms with Gasteiger partial charge < -0.3 is 40.0 Å². The first-order valence-electron chi connectivity index (χ1n) is 15.4. The third kappa shape index (κ3) is 10.3. The molecule has 14 heteroatoms. The molecule has 254 valence electrons. The Balaban J connectivity index is 1.50. The van der Waals surface area contributed by atoms with E-state index in [1.807, 2.05) is 6.07 Å². The van der Waals surface area contributed by atoms with Crippen LogP contribution in [-0.4, -0.2) is 98.8 Å². The number of aliphatic carboxylic acids is 1. The van der Waals surface area contributed by atoms with Crippen LogP contribution in [0.1, 0.15) is 70.4 Å². The van der Waals surface area contributed by atoms with Crippen molar-refractivity contribution in [3.63, 3.8) is 0 Å². The molecule has 1 aromatic rings. The van der Waals surface area contributed by atoms with Gasteiger partial charge >= 0.3 is 11.9 Å². The number of rotatable bonds is 16. The fraction of sp³-hybridized carbons (Fsp3) is 0.594. The lowest BCUT2D eigenvalue weighted by molar-refractivity contribution is -0.271. The van der Waals surface area contributed by atoms with Crippen LogP contribution in [0, 0.1) is 5.41 Å². The number of aliphatic hydroxyl groups is 3. The normalized spacial score (nSPS) is 23.0. The molecule has 5 atom stereocenters. The lowest BCUT2D eigenvalue weighted by Crippen LogP contribution is -2.61. The van der Waals surface area contributed by atoms with Gasteiger partial charge in [-0.25, -0.2) is 4.79 Å². The minimum atomic E-state index is -1.87. The van der Waals surface area contributed by atoms with E-state index in [4.69, 9.17) is 14.2 Å². The summed E-state index contributed by atoms with van der Waals surface area (Å²) < 4.78 is 16.5. The number of ether oxygens (including phenoxy) is 3. The molecule has 1 saturated heterocycles. The number of hydrogen-bond donors (Lipinski definition) is 5. The summed E-state index contributed by atoms with van der Waals surface area (Å²) in [6.45, 7) is 5.72. The molecular formula is C32H44N2O12. The molecule has 0 bridgehead atoms. The molecule has 0 aliphatic carbocycles. The maximum Gasteiger partial charge on any atom is 0.335 e. The van der Waals surface area contributed by atoms with Gasteiger partial charge in [-0.05, 0) is 64.5 Å². The zero-order valence-electron chi connectivity index (χ0n) is 26.3. The van der Waals surface area contributed by atoms with E-state index in [9.17, 15) is 44.4 Å². The topological polar surface area (TPSA) is 209 Å². The van der Waals surface area contributed by atoms with Crippen LogP contribution in [0.4, 0.5) is 0 Å². The molecule has 0 saturated carbocycles. The molecule has 14 nitrogen and oxygen atoms in total. The summed E-state index contributed by atoms with van der Waals surface area (Å²) in [6.07, 6.45) is -2.20. The van der Waals surface area contributed by atoms with E-state index in [0.717, 1.165) is 5.56 Å². The van der Waals surface area contributed by atoms with Crippen LogP contribution >= 0.6 is 0 Å². The van der Waals surface area contributed by atoms with Crippen LogP contribution in [0.5, 0.6) is 5.75 Å². The average molecular weight is 649 g/mol. The Morgan fingerprint density at radius 1 is 0.935 bits per heavy atom. The van der Waals surface area contributed by atoms with Gasteiger partial charge in [0.15, 0.2) is 6.10 Å². The first-order valence-corrected chi connectivity index (χ1v) is 15.4. The highest BCUT2D eigenvalue weighted by Crippen LogP contribution is 2.29. The van der Waals surface area contributed by atoms with Crippen molar-refractivity contribution >= 4 is 29.7 Å². The smallest absolute Gasteiger partial charge is 0.335 e. The van der Waals surface area contributed by atoms with Crippen molar-refractivity contribution in [2.75, 3.05) is 13.1 Å². The summed E-state index contributed by atoms with van der Waals surface area (Å²) in [5.41, 5.74) is 0.452. The average Bonchev–Trinajstić information content (AvgIpc) is 3.31. The van der Waals surface area contributed by atoms with E-state index < -0.39 is 48.1 Å². The summed E-state index contributed by atoms with van der Waals surface area (Å²) in [4.78, 5) is 60.4. The highest BCUT2D eigenvalue weighted by molar-refractivity contribution is 6.12. The van der Waals surface area contributed by atoms with Gasteiger partial charge in [0.05, 0.1) is 5.41 Å². The molecule has 3 amide bonds. The number of esters is 1. The van der Waals surface area contributed by atoms with Gasteiger partial charge in [0.1, 0.15) is 30.7 Å². The number of carbonyl (C=O) groups is 5. The second-order valence-corrected chi connectivity index (χ2v) is 12.4. The van der Waals surface area contributed by atoms with Crippen molar-refractivity contribution in [1.82, 2.24) is 10.2 Å². The molecule has 2 aliphatic heterocycles. The van der Waals surface area contributed by atoms with Crippen molar-refractivity contribution < 1.29 is 58.6 Å². The zero-order chi connectivity index (χ0) is 34.0. The van der Waals surface area contributed by atoms with Gasteiger partial charge in [0.2, 0.25) is 12.2 Å². The van der Waals surface area contributed by atoms with Crippen molar-refractivity contribution in [2.45, 2.75) is 103 Å². The largest absolute Gasteiger partial charge is 0.479 e. The van der Waals surface area contributed by atoms with Gasteiger partial charge in [-0.2, -0.15) is 0 Å². The number of carboxylic acid groups (broad SMARTS) is 1. The van der Waals surface area contributed by atoms with Crippen LogP contribution in [0.15, 0.2) is 30.4 Å². The number of imide groups is 1. The van der Waals surface area contributed by atoms with Gasteiger partial charge in [0.25, 0.3) is 11.8 Å². The van der Waals surface area contributed by atoms with Crippen molar-refractivity contribution in [3.05, 3.63) is 41.5 Å². The third-order valence-electron chi connectivity index (χ3n) is 7.56. The quantitative estimate of drug-likeness (QED) is 0.0965. The van der Waals surface area contributed by atoms with E-state index >= 15 is 0 Å². The number of nitrogens with one attached hydrogen (secondary N) is 1. The second kappa shape index (κ2) is 16.6. The fourth-order valence-electron chi connectivity index (χ4n) is 4.77. The highest BCUT2D eigenvalue weighted by atomic mass is 16.7. The fourth-order valence-corrected chi connectivity index (χ4v) is 4.77. The Bertz CT molecular complexity index is 1270. The molecule has 1 aromatic carbocycles. The molecule has 3 rings (SSSR count). The third-order valence-corrected chi connectivity index (χ3v) is 7.56. The Hall–Kier alpha value is -3.85. The van der Waals surface area contributed by atoms with Gasteiger partial charge in [-0.15, -0.1) is 0 Å². The summed E-state index contributed by atoms with van der Waals surface area (Å²) in [5.74, 6) is -2.57. The molecule has 0 aromatic heterocycles. The monoisotopic (exact) mass is 648 g/mol. The number of aryl methyl sites for hydroxylation is 1. The molecule has 2 aliphatic rings. The van der Waals surface area contributed by atoms with E-state index in [1.54, 1.807) is 32.9 Å². The van der Waals surface area contributed by atoms with E-state index in [0.29, 0.717) is 63.6 Å². The molecule has 1 fully saturated rings. The first-order chi connectivity index (χ1) is 21.7. The number of aliphatic hydroxyl groups excluding tert-OH is 3. The summed E-state index contributed by atoms with van der Waals surface area (Å²) >= 11 is 0. The number of hydrogen-bond acceptors (Lipinski definition) is 11. The summed E-state index contributed by atoms with van der Waals surface area (Å²) in [6, 6.07) is 5.12. The molecule has 0 radical (unpaired) electrons. The Morgan fingerprint density at radius 3 is 2.28 bits per heavy atom. The molecule has 5 N–H and O–H groups in total. The molecule has 46 heavy (non-hydrogen) atoms. The van der Waals surface area contributed by atoms with Gasteiger partial charge in [-0.1, -0.05) is 18.6 Å². The van der Waals surface area contributed by atoms with Crippen LogP contribution in [0.3, 0.4) is 0 Å².